The minimum atomic E-state index is -0.0418. The van der Waals surface area contributed by atoms with Crippen molar-refractivity contribution in [2.45, 2.75) is 19.4 Å². The highest BCUT2D eigenvalue weighted by atomic mass is 16.5. The number of nitrogens with one attached hydrogen (secondary N) is 1. The first kappa shape index (κ1) is 17.3. The van der Waals surface area contributed by atoms with Gasteiger partial charge in [0.25, 0.3) is 0 Å². The van der Waals surface area contributed by atoms with Crippen LogP contribution in [0.15, 0.2) is 48.7 Å². The van der Waals surface area contributed by atoms with Crippen LogP contribution in [0.4, 0.5) is 5.69 Å². The lowest BCUT2D eigenvalue weighted by molar-refractivity contribution is -0.116. The molecule has 1 aliphatic heterocycles. The first-order valence-corrected chi connectivity index (χ1v) is 9.05. The Kier molecular flexibility index (Phi) is 4.87. The summed E-state index contributed by atoms with van der Waals surface area (Å²) in [5.41, 5.74) is 1.80. The molecule has 1 N–H and O–H groups in total. The summed E-state index contributed by atoms with van der Waals surface area (Å²) < 4.78 is 18.6. The Hall–Kier alpha value is -3.15. The third kappa shape index (κ3) is 3.84. The zero-order chi connectivity index (χ0) is 18.6. The molecule has 1 aliphatic rings. The Morgan fingerprint density at radius 2 is 1.96 bits per heavy atom. The maximum atomic E-state index is 12.4. The molecule has 27 heavy (non-hydrogen) atoms. The predicted molar refractivity (Wildman–Crippen MR) is 104 cm³/mol. The van der Waals surface area contributed by atoms with Crippen LogP contribution >= 0.6 is 0 Å². The summed E-state index contributed by atoms with van der Waals surface area (Å²) in [6.07, 6.45) is 3.22. The summed E-state index contributed by atoms with van der Waals surface area (Å²) >= 11 is 0. The first-order valence-electron chi connectivity index (χ1n) is 9.05. The third-order valence-electron chi connectivity index (χ3n) is 4.59. The number of carbonyl (C=O) groups is 1. The fourth-order valence-corrected chi connectivity index (χ4v) is 3.19. The third-order valence-corrected chi connectivity index (χ3v) is 4.59. The van der Waals surface area contributed by atoms with E-state index in [-0.39, 0.29) is 5.91 Å². The number of ether oxygens (including phenoxy) is 3. The van der Waals surface area contributed by atoms with Crippen LogP contribution in [0.2, 0.25) is 0 Å². The topological polar surface area (TPSA) is 61.7 Å². The number of carbonyl (C=O) groups excluding carboxylic acids is 1. The van der Waals surface area contributed by atoms with Gasteiger partial charge in [-0.05, 0) is 36.4 Å². The van der Waals surface area contributed by atoms with E-state index in [0.29, 0.717) is 37.6 Å². The second-order valence-corrected chi connectivity index (χ2v) is 6.44. The van der Waals surface area contributed by atoms with Crippen molar-refractivity contribution in [1.29, 1.82) is 0 Å². The monoisotopic (exact) mass is 366 g/mol. The Balaban J connectivity index is 1.39. The molecule has 2 heterocycles. The first-order chi connectivity index (χ1) is 13.2. The molecule has 0 saturated heterocycles. The molecule has 1 amide bonds. The summed E-state index contributed by atoms with van der Waals surface area (Å²) in [7, 11) is 1.65. The van der Waals surface area contributed by atoms with E-state index >= 15 is 0 Å². The van der Waals surface area contributed by atoms with Gasteiger partial charge >= 0.3 is 0 Å². The molecule has 1 aromatic heterocycles. The molecule has 0 saturated carbocycles. The van der Waals surface area contributed by atoms with E-state index in [2.05, 4.69) is 9.88 Å². The molecular formula is C21H22N2O4. The number of anilines is 1. The van der Waals surface area contributed by atoms with Gasteiger partial charge in [0.15, 0.2) is 11.5 Å². The number of benzene rings is 2. The zero-order valence-electron chi connectivity index (χ0n) is 15.2. The van der Waals surface area contributed by atoms with E-state index in [1.54, 1.807) is 7.11 Å². The standard InChI is InChI=1S/C21H22N2O4/c1-25-17-4-5-18-15(13-17)7-9-23(18)10-8-21(24)22-16-3-6-19-20(14-16)27-12-2-11-26-19/h3-7,9,13-14H,2,8,10-12H2,1H3,(H,22,24). The molecule has 6 heteroatoms. The van der Waals surface area contributed by atoms with Gasteiger partial charge in [-0.1, -0.05) is 0 Å². The Labute approximate surface area is 157 Å². The number of fused-ring (bicyclic) bond motifs is 2. The quantitative estimate of drug-likeness (QED) is 0.745. The number of rotatable bonds is 5. The molecule has 0 aliphatic carbocycles. The number of hydrogen-bond donors (Lipinski definition) is 1. The average molecular weight is 366 g/mol. The summed E-state index contributed by atoms with van der Waals surface area (Å²) in [6.45, 7) is 1.87. The second-order valence-electron chi connectivity index (χ2n) is 6.44. The van der Waals surface area contributed by atoms with Crippen molar-refractivity contribution in [3.63, 3.8) is 0 Å². The van der Waals surface area contributed by atoms with Gasteiger partial charge in [-0.3, -0.25) is 4.79 Å². The molecule has 0 bridgehead atoms. The van der Waals surface area contributed by atoms with Gasteiger partial charge in [0.1, 0.15) is 5.75 Å². The Morgan fingerprint density at radius 3 is 2.81 bits per heavy atom. The molecule has 4 rings (SSSR count). The normalized spacial score (nSPS) is 13.2. The molecule has 0 unspecified atom stereocenters. The van der Waals surface area contributed by atoms with Crippen LogP contribution in [0, 0.1) is 0 Å². The number of methoxy groups -OCH3 is 1. The van der Waals surface area contributed by atoms with Gasteiger partial charge in [0.2, 0.25) is 5.91 Å². The van der Waals surface area contributed by atoms with Gasteiger partial charge in [0.05, 0.1) is 20.3 Å². The zero-order valence-corrected chi connectivity index (χ0v) is 15.2. The minimum absolute atomic E-state index is 0.0418. The summed E-state index contributed by atoms with van der Waals surface area (Å²) in [5.74, 6) is 2.18. The fourth-order valence-electron chi connectivity index (χ4n) is 3.19. The number of aryl methyl sites for hydroxylation is 1. The van der Waals surface area contributed by atoms with E-state index in [1.807, 2.05) is 48.7 Å². The molecular weight excluding hydrogens is 344 g/mol. The van der Waals surface area contributed by atoms with Crippen LogP contribution < -0.4 is 19.5 Å². The maximum Gasteiger partial charge on any atom is 0.226 e. The largest absolute Gasteiger partial charge is 0.497 e. The molecule has 140 valence electrons. The van der Waals surface area contributed by atoms with E-state index < -0.39 is 0 Å². The number of hydrogen-bond acceptors (Lipinski definition) is 4. The molecule has 0 spiro atoms. The van der Waals surface area contributed by atoms with Crippen molar-refractivity contribution < 1.29 is 19.0 Å². The molecule has 3 aromatic rings. The summed E-state index contributed by atoms with van der Waals surface area (Å²) in [5, 5.41) is 4.03. The van der Waals surface area contributed by atoms with Gasteiger partial charge in [-0.25, -0.2) is 0 Å². The predicted octanol–water partition coefficient (Wildman–Crippen LogP) is 3.84. The van der Waals surface area contributed by atoms with Crippen LogP contribution in [0.25, 0.3) is 10.9 Å². The number of amides is 1. The highest BCUT2D eigenvalue weighted by Gasteiger charge is 2.12. The van der Waals surface area contributed by atoms with Crippen LogP contribution in [0.1, 0.15) is 12.8 Å². The Morgan fingerprint density at radius 1 is 1.11 bits per heavy atom. The number of aromatic nitrogens is 1. The van der Waals surface area contributed by atoms with Crippen molar-refractivity contribution >= 4 is 22.5 Å². The second kappa shape index (κ2) is 7.61. The van der Waals surface area contributed by atoms with Crippen LogP contribution in [0.3, 0.4) is 0 Å². The number of nitrogens with zero attached hydrogens (tertiary/aromatic N) is 1. The lowest BCUT2D eigenvalue weighted by Crippen LogP contribution is -2.14. The minimum Gasteiger partial charge on any atom is -0.497 e. The maximum absolute atomic E-state index is 12.4. The molecule has 0 radical (unpaired) electrons. The molecule has 0 fully saturated rings. The van der Waals surface area contributed by atoms with E-state index in [1.165, 1.54) is 0 Å². The molecule has 2 aromatic carbocycles. The van der Waals surface area contributed by atoms with Crippen LogP contribution in [0.5, 0.6) is 17.2 Å². The SMILES string of the molecule is COc1ccc2c(ccn2CCC(=O)Nc2ccc3c(c2)OCCCO3)c1. The van der Waals surface area contributed by atoms with Gasteiger partial charge < -0.3 is 24.1 Å². The van der Waals surface area contributed by atoms with Crippen molar-refractivity contribution in [3.05, 3.63) is 48.7 Å². The van der Waals surface area contributed by atoms with Crippen molar-refractivity contribution in [1.82, 2.24) is 4.57 Å². The summed E-state index contributed by atoms with van der Waals surface area (Å²) in [4.78, 5) is 12.4. The summed E-state index contributed by atoms with van der Waals surface area (Å²) in [6, 6.07) is 13.4. The molecule has 0 atom stereocenters. The Bertz CT molecular complexity index is 964. The fraction of sp³-hybridized carbons (Fsp3) is 0.286. The van der Waals surface area contributed by atoms with E-state index in [0.717, 1.165) is 28.8 Å². The smallest absolute Gasteiger partial charge is 0.226 e. The van der Waals surface area contributed by atoms with Crippen molar-refractivity contribution in [2.75, 3.05) is 25.6 Å². The van der Waals surface area contributed by atoms with Gasteiger partial charge in [-0.2, -0.15) is 0 Å². The highest BCUT2D eigenvalue weighted by molar-refractivity contribution is 5.91. The van der Waals surface area contributed by atoms with Gasteiger partial charge in [0, 0.05) is 48.2 Å². The molecule has 6 nitrogen and oxygen atoms in total. The average Bonchev–Trinajstić information content (AvgIpc) is 2.94. The van der Waals surface area contributed by atoms with Crippen molar-refractivity contribution in [3.8, 4) is 17.2 Å². The van der Waals surface area contributed by atoms with Crippen LogP contribution in [-0.4, -0.2) is 30.8 Å². The van der Waals surface area contributed by atoms with E-state index in [4.69, 9.17) is 14.2 Å². The van der Waals surface area contributed by atoms with E-state index in [9.17, 15) is 4.79 Å². The van der Waals surface area contributed by atoms with Gasteiger partial charge in [-0.15, -0.1) is 0 Å². The van der Waals surface area contributed by atoms with Crippen LogP contribution in [-0.2, 0) is 11.3 Å². The lowest BCUT2D eigenvalue weighted by Gasteiger charge is -2.11. The lowest BCUT2D eigenvalue weighted by atomic mass is 10.2. The van der Waals surface area contributed by atoms with Crippen molar-refractivity contribution in [2.24, 2.45) is 0 Å². The highest BCUT2D eigenvalue weighted by Crippen LogP contribution is 2.32.